The molecule has 0 bridgehead atoms. The predicted octanol–water partition coefficient (Wildman–Crippen LogP) is 2.31. The van der Waals surface area contributed by atoms with E-state index in [4.69, 9.17) is 0 Å². The number of phenols is 2. The van der Waals surface area contributed by atoms with Crippen LogP contribution in [0.15, 0.2) is 18.2 Å². The van der Waals surface area contributed by atoms with E-state index in [1.807, 2.05) is 6.07 Å². The van der Waals surface area contributed by atoms with E-state index < -0.39 is 0 Å². The minimum atomic E-state index is -0.0808. The summed E-state index contributed by atoms with van der Waals surface area (Å²) < 4.78 is 0. The first-order valence-corrected chi connectivity index (χ1v) is 6.43. The number of benzene rings is 1. The Bertz CT molecular complexity index is 378. The van der Waals surface area contributed by atoms with Gasteiger partial charge in [-0.15, -0.1) is 0 Å². The maximum Gasteiger partial charge on any atom is 0.159 e. The van der Waals surface area contributed by atoms with Gasteiger partial charge in [-0.1, -0.05) is 13.8 Å². The molecule has 4 nitrogen and oxygen atoms in total. The van der Waals surface area contributed by atoms with Gasteiger partial charge >= 0.3 is 0 Å². The van der Waals surface area contributed by atoms with Crippen molar-refractivity contribution in [1.82, 2.24) is 5.32 Å². The average molecular weight is 252 g/mol. The van der Waals surface area contributed by atoms with Crippen LogP contribution in [0.4, 0.5) is 5.69 Å². The highest BCUT2D eigenvalue weighted by molar-refractivity contribution is 5.55. The molecule has 0 aliphatic heterocycles. The molecule has 102 valence electrons. The van der Waals surface area contributed by atoms with Gasteiger partial charge < -0.3 is 20.4 Å². The Morgan fingerprint density at radius 1 is 1.11 bits per heavy atom. The van der Waals surface area contributed by atoms with Crippen molar-refractivity contribution < 1.29 is 10.2 Å². The molecule has 0 aliphatic rings. The van der Waals surface area contributed by atoms with Crippen molar-refractivity contribution in [2.75, 3.05) is 18.0 Å². The van der Waals surface area contributed by atoms with Crippen LogP contribution in [0.3, 0.4) is 0 Å². The molecular weight excluding hydrogens is 228 g/mol. The van der Waals surface area contributed by atoms with Crippen LogP contribution in [0, 0.1) is 0 Å². The monoisotopic (exact) mass is 252 g/mol. The Morgan fingerprint density at radius 2 is 1.78 bits per heavy atom. The topological polar surface area (TPSA) is 55.7 Å². The van der Waals surface area contributed by atoms with Gasteiger partial charge in [0.25, 0.3) is 0 Å². The second-order valence-corrected chi connectivity index (χ2v) is 5.07. The fraction of sp³-hybridized carbons (Fsp3) is 0.571. The van der Waals surface area contributed by atoms with Crippen LogP contribution in [0.5, 0.6) is 11.5 Å². The van der Waals surface area contributed by atoms with Gasteiger partial charge in [0, 0.05) is 36.9 Å². The predicted molar refractivity (Wildman–Crippen MR) is 75.4 cm³/mol. The number of phenolic OH excluding ortho intramolecular Hbond substituents is 2. The molecular formula is C14H24N2O2. The van der Waals surface area contributed by atoms with Crippen molar-refractivity contribution in [2.24, 2.45) is 0 Å². The minimum Gasteiger partial charge on any atom is -0.504 e. The van der Waals surface area contributed by atoms with Crippen LogP contribution in [0.25, 0.3) is 0 Å². The van der Waals surface area contributed by atoms with Gasteiger partial charge in [-0.25, -0.2) is 0 Å². The number of aromatic hydroxyl groups is 2. The molecule has 0 unspecified atom stereocenters. The van der Waals surface area contributed by atoms with Crippen molar-refractivity contribution in [3.05, 3.63) is 18.2 Å². The van der Waals surface area contributed by atoms with Gasteiger partial charge in [-0.05, 0) is 26.0 Å². The van der Waals surface area contributed by atoms with Crippen molar-refractivity contribution in [1.29, 1.82) is 0 Å². The Morgan fingerprint density at radius 3 is 2.28 bits per heavy atom. The van der Waals surface area contributed by atoms with E-state index in [1.54, 1.807) is 6.07 Å². The summed E-state index contributed by atoms with van der Waals surface area (Å²) in [5.74, 6) is -0.155. The lowest BCUT2D eigenvalue weighted by molar-refractivity contribution is 0.403. The number of hydrogen-bond acceptors (Lipinski definition) is 4. The van der Waals surface area contributed by atoms with E-state index >= 15 is 0 Å². The van der Waals surface area contributed by atoms with Gasteiger partial charge in [0.05, 0.1) is 0 Å². The van der Waals surface area contributed by atoms with Gasteiger partial charge in [0.15, 0.2) is 11.5 Å². The molecule has 0 heterocycles. The van der Waals surface area contributed by atoms with Gasteiger partial charge in [-0.2, -0.15) is 0 Å². The van der Waals surface area contributed by atoms with E-state index in [1.165, 1.54) is 6.07 Å². The van der Waals surface area contributed by atoms with Crippen molar-refractivity contribution >= 4 is 5.69 Å². The number of nitrogens with zero attached hydrogens (tertiary/aromatic N) is 1. The first-order chi connectivity index (χ1) is 8.41. The van der Waals surface area contributed by atoms with Crippen LogP contribution in [-0.4, -0.2) is 35.4 Å². The van der Waals surface area contributed by atoms with Crippen molar-refractivity contribution in [3.8, 4) is 11.5 Å². The molecule has 4 heteroatoms. The van der Waals surface area contributed by atoms with Crippen LogP contribution < -0.4 is 10.2 Å². The van der Waals surface area contributed by atoms with Crippen LogP contribution in [-0.2, 0) is 0 Å². The Kier molecular flexibility index (Phi) is 5.28. The maximum atomic E-state index is 9.55. The third-order valence-corrected chi connectivity index (χ3v) is 2.82. The first-order valence-electron chi connectivity index (χ1n) is 6.43. The molecule has 0 saturated heterocycles. The lowest BCUT2D eigenvalue weighted by Gasteiger charge is -2.29. The summed E-state index contributed by atoms with van der Waals surface area (Å²) in [5, 5.41) is 22.3. The quantitative estimate of drug-likeness (QED) is 0.680. The van der Waals surface area contributed by atoms with Gasteiger partial charge in [0.1, 0.15) is 0 Å². The van der Waals surface area contributed by atoms with E-state index in [-0.39, 0.29) is 11.5 Å². The molecule has 1 aromatic carbocycles. The first kappa shape index (κ1) is 14.6. The second-order valence-electron chi connectivity index (χ2n) is 5.07. The molecule has 0 aliphatic carbocycles. The van der Waals surface area contributed by atoms with E-state index in [0.29, 0.717) is 12.1 Å². The highest BCUT2D eigenvalue weighted by atomic mass is 16.3. The highest BCUT2D eigenvalue weighted by Gasteiger charge is 2.12. The zero-order valence-corrected chi connectivity index (χ0v) is 11.6. The molecule has 0 radical (unpaired) electrons. The van der Waals surface area contributed by atoms with Crippen LogP contribution >= 0.6 is 0 Å². The maximum absolute atomic E-state index is 9.55. The summed E-state index contributed by atoms with van der Waals surface area (Å²) >= 11 is 0. The highest BCUT2D eigenvalue weighted by Crippen LogP contribution is 2.30. The van der Waals surface area contributed by atoms with Crippen molar-refractivity contribution in [2.45, 2.75) is 39.8 Å². The summed E-state index contributed by atoms with van der Waals surface area (Å²) in [5.41, 5.74) is 0.922. The zero-order chi connectivity index (χ0) is 13.7. The lowest BCUT2D eigenvalue weighted by atomic mass is 10.2. The molecule has 0 spiro atoms. The third-order valence-electron chi connectivity index (χ3n) is 2.82. The number of nitrogens with one attached hydrogen (secondary N) is 1. The molecule has 0 fully saturated rings. The fourth-order valence-corrected chi connectivity index (χ4v) is 1.85. The van der Waals surface area contributed by atoms with Crippen LogP contribution in [0.2, 0.25) is 0 Å². The van der Waals surface area contributed by atoms with E-state index in [2.05, 4.69) is 37.9 Å². The normalized spacial score (nSPS) is 11.2. The smallest absolute Gasteiger partial charge is 0.159 e. The fourth-order valence-electron chi connectivity index (χ4n) is 1.85. The molecule has 18 heavy (non-hydrogen) atoms. The van der Waals surface area contributed by atoms with Crippen molar-refractivity contribution in [3.63, 3.8) is 0 Å². The van der Waals surface area contributed by atoms with E-state index in [9.17, 15) is 10.2 Å². The van der Waals surface area contributed by atoms with Gasteiger partial charge in [-0.3, -0.25) is 0 Å². The van der Waals surface area contributed by atoms with Crippen LogP contribution in [0.1, 0.15) is 27.7 Å². The Labute approximate surface area is 109 Å². The summed E-state index contributed by atoms with van der Waals surface area (Å²) in [7, 11) is 0. The standard InChI is InChI=1S/C14H24N2O2/c1-10(2)15-7-8-16(11(3)4)12-5-6-13(17)14(18)9-12/h5-6,9-11,15,17-18H,7-8H2,1-4H3. The lowest BCUT2D eigenvalue weighted by Crippen LogP contribution is -2.38. The summed E-state index contributed by atoms with van der Waals surface area (Å²) in [4.78, 5) is 2.19. The second kappa shape index (κ2) is 6.50. The zero-order valence-electron chi connectivity index (χ0n) is 11.6. The third kappa shape index (κ3) is 4.11. The summed E-state index contributed by atoms with van der Waals surface area (Å²) in [6.45, 7) is 10.2. The number of hydrogen-bond donors (Lipinski definition) is 3. The summed E-state index contributed by atoms with van der Waals surface area (Å²) in [6.07, 6.45) is 0. The molecule has 1 rings (SSSR count). The molecule has 0 aromatic heterocycles. The average Bonchev–Trinajstić information content (AvgIpc) is 2.27. The molecule has 0 amide bonds. The molecule has 3 N–H and O–H groups in total. The molecule has 0 saturated carbocycles. The SMILES string of the molecule is CC(C)NCCN(c1ccc(O)c(O)c1)C(C)C. The van der Waals surface area contributed by atoms with E-state index in [0.717, 1.165) is 18.8 Å². The number of rotatable bonds is 6. The Balaban J connectivity index is 2.74. The molecule has 0 atom stereocenters. The minimum absolute atomic E-state index is 0.0741. The summed E-state index contributed by atoms with van der Waals surface area (Å²) in [6, 6.07) is 5.75. The Hall–Kier alpha value is -1.42. The number of anilines is 1. The largest absolute Gasteiger partial charge is 0.504 e. The van der Waals surface area contributed by atoms with Gasteiger partial charge in [0.2, 0.25) is 0 Å². The molecule has 1 aromatic rings.